The molecule has 346 valence electrons. The Labute approximate surface area is 389 Å². The first-order valence-electron chi connectivity index (χ1n) is 21.5. The van der Waals surface area contributed by atoms with Gasteiger partial charge >= 0.3 is 5.97 Å². The van der Waals surface area contributed by atoms with Crippen LogP contribution in [0.4, 0.5) is 0 Å². The Balaban J connectivity index is 1.01. The Bertz CT molecular complexity index is 2380. The van der Waals surface area contributed by atoms with Crippen molar-refractivity contribution in [3.8, 4) is 17.2 Å². The van der Waals surface area contributed by atoms with E-state index in [1.54, 1.807) is 43.3 Å². The number of methoxy groups -OCH3 is 1. The van der Waals surface area contributed by atoms with Crippen LogP contribution in [0.15, 0.2) is 76.2 Å². The maximum Gasteiger partial charge on any atom is 0.347 e. The number of carboxylic acids is 1. The molecular formula is C47H61ClN4O9S2Si. The van der Waals surface area contributed by atoms with Crippen molar-refractivity contribution in [3.63, 3.8) is 0 Å². The van der Waals surface area contributed by atoms with Gasteiger partial charge in [-0.25, -0.2) is 4.79 Å². The number of aromatic amines is 1. The van der Waals surface area contributed by atoms with Crippen LogP contribution in [0, 0.1) is 0 Å². The summed E-state index contributed by atoms with van der Waals surface area (Å²) in [4.78, 5) is 46.3. The van der Waals surface area contributed by atoms with Crippen LogP contribution in [-0.2, 0) is 30.9 Å². The fourth-order valence-electron chi connectivity index (χ4n) is 7.81. The lowest BCUT2D eigenvalue weighted by molar-refractivity contribution is -0.170. The van der Waals surface area contributed by atoms with E-state index < -0.39 is 26.0 Å². The van der Waals surface area contributed by atoms with Gasteiger partial charge in [0.15, 0.2) is 14.9 Å². The van der Waals surface area contributed by atoms with Crippen LogP contribution in [0.5, 0.6) is 17.2 Å². The zero-order chi connectivity index (χ0) is 46.4. The average Bonchev–Trinajstić information content (AvgIpc) is 4.01. The molecular weight excluding hydrogens is 892 g/mol. The molecule has 17 heteroatoms. The number of aromatic hydroxyl groups is 1. The lowest BCUT2D eigenvalue weighted by atomic mass is 9.90. The van der Waals surface area contributed by atoms with Gasteiger partial charge in [0.25, 0.3) is 5.91 Å². The van der Waals surface area contributed by atoms with Crippen molar-refractivity contribution in [1.82, 2.24) is 20.1 Å². The van der Waals surface area contributed by atoms with E-state index >= 15 is 0 Å². The molecule has 2 aromatic carbocycles. The van der Waals surface area contributed by atoms with Crippen molar-refractivity contribution >= 4 is 65.4 Å². The number of nitrogens with one attached hydrogen (secondary N) is 2. The quantitative estimate of drug-likeness (QED) is 0.0551. The number of carbonyl (C=O) groups excluding carboxylic acids is 1. The van der Waals surface area contributed by atoms with E-state index in [2.05, 4.69) is 56.1 Å². The number of hydrogen-bond donors (Lipinski definition) is 4. The number of phenols is 1. The lowest BCUT2D eigenvalue weighted by Crippen LogP contribution is -2.45. The van der Waals surface area contributed by atoms with Gasteiger partial charge in [-0.3, -0.25) is 9.59 Å². The molecule has 6 rings (SSSR count). The van der Waals surface area contributed by atoms with E-state index in [9.17, 15) is 24.6 Å². The van der Waals surface area contributed by atoms with Crippen molar-refractivity contribution in [3.05, 3.63) is 108 Å². The fraction of sp³-hybridized carbons (Fsp3) is 0.468. The molecule has 13 nitrogen and oxygen atoms in total. The first kappa shape index (κ1) is 49.2. The van der Waals surface area contributed by atoms with Crippen LogP contribution in [0.3, 0.4) is 0 Å². The molecule has 4 N–H and O–H groups in total. The number of pyridine rings is 1. The Kier molecular flexibility index (Phi) is 16.1. The smallest absolute Gasteiger partial charge is 0.347 e. The van der Waals surface area contributed by atoms with Gasteiger partial charge in [-0.2, -0.15) is 0 Å². The molecule has 0 unspecified atom stereocenters. The fourth-order valence-corrected chi connectivity index (χ4v) is 11.1. The second-order valence-corrected chi connectivity index (χ2v) is 25.0. The second-order valence-electron chi connectivity index (χ2n) is 18.0. The number of ether oxygens (including phenoxy) is 3. The molecule has 1 saturated carbocycles. The van der Waals surface area contributed by atoms with Crippen LogP contribution in [0.25, 0.3) is 10.9 Å². The molecule has 0 bridgehead atoms. The van der Waals surface area contributed by atoms with Gasteiger partial charge in [0.1, 0.15) is 17.2 Å². The van der Waals surface area contributed by atoms with E-state index in [0.29, 0.717) is 63.4 Å². The zero-order valence-electron chi connectivity index (χ0n) is 37.9. The number of thiophene rings is 2. The highest BCUT2D eigenvalue weighted by molar-refractivity contribution is 7.12. The minimum absolute atomic E-state index is 0.0113. The molecule has 0 aliphatic heterocycles. The van der Waals surface area contributed by atoms with Crippen molar-refractivity contribution < 1.29 is 38.4 Å². The van der Waals surface area contributed by atoms with Crippen molar-refractivity contribution in [2.45, 2.75) is 95.0 Å². The van der Waals surface area contributed by atoms with Gasteiger partial charge in [-0.15, -0.1) is 22.7 Å². The highest BCUT2D eigenvalue weighted by atomic mass is 35.5. The molecule has 1 atom stereocenters. The van der Waals surface area contributed by atoms with Gasteiger partial charge in [0.05, 0.1) is 39.6 Å². The van der Waals surface area contributed by atoms with Crippen LogP contribution in [0.1, 0.15) is 73.4 Å². The molecule has 0 saturated heterocycles. The molecule has 3 aromatic heterocycles. The Morgan fingerprint density at radius 2 is 1.64 bits per heavy atom. The highest BCUT2D eigenvalue weighted by Gasteiger charge is 2.48. The highest BCUT2D eigenvalue weighted by Crippen LogP contribution is 2.44. The maximum absolute atomic E-state index is 13.3. The number of phenolic OH excluding ortho intramolecular Hbond substituents is 1. The number of nitrogens with zero attached hydrogens (tertiary/aromatic N) is 2. The van der Waals surface area contributed by atoms with Gasteiger partial charge in [0, 0.05) is 62.4 Å². The molecule has 64 heavy (non-hydrogen) atoms. The molecule has 1 aliphatic carbocycles. The zero-order valence-corrected chi connectivity index (χ0v) is 41.3. The number of hydrogen-bond acceptors (Lipinski definition) is 12. The number of aromatic nitrogens is 1. The van der Waals surface area contributed by atoms with Gasteiger partial charge < -0.3 is 49.0 Å². The SMILES string of the molecule is COc1cc(OCC(=O)N(C)CCN(C)[C@H]2CC[C@H](OC(C(=O)O)(c3cccs3)c3cccs3)CC2)c(Cl)cc1CNC[C@H](O[Si](C)(C)C(C)(C)C)c1ccc(O)c2[nH]c(=O)ccc12. The standard InChI is InChI=1S/C47H61ClN4O9S2Si/c1-46(2,3)64(7,8)61-39(33-17-19-36(53)44-34(33)18-20-42(54)50-44)28-49-27-30-25-35(48)38(26-37(30)58-6)59-29-43(55)52(5)22-21-51(4)31-13-15-32(16-14-31)60-47(45(56)57,40-11-9-23-62-40)41-12-10-24-63-41/h9-12,17-20,23-26,31-32,39,49,53H,13-16,21-22,27-29H2,1-8H3,(H,50,54)(H,56,57)/t31-,32-,39-/m0/s1. The molecule has 5 aromatic rings. The number of rotatable bonds is 20. The van der Waals surface area contributed by atoms with Gasteiger partial charge in [-0.05, 0) is 97.5 Å². The van der Waals surface area contributed by atoms with E-state index in [1.807, 2.05) is 41.1 Å². The summed E-state index contributed by atoms with van der Waals surface area (Å²) < 4.78 is 25.2. The number of carbonyl (C=O) groups is 2. The summed E-state index contributed by atoms with van der Waals surface area (Å²) >= 11 is 9.53. The number of halogens is 1. The van der Waals surface area contributed by atoms with Crippen LogP contribution < -0.4 is 20.3 Å². The predicted octanol–water partition coefficient (Wildman–Crippen LogP) is 9.00. The third-order valence-corrected chi connectivity index (χ3v) is 19.4. The number of likely N-dealkylation sites (N-methyl/N-ethyl adjacent to an activating group) is 2. The number of benzene rings is 2. The summed E-state index contributed by atoms with van der Waals surface area (Å²) in [5, 5.41) is 29.3. The normalized spacial score (nSPS) is 16.5. The summed E-state index contributed by atoms with van der Waals surface area (Å²) in [7, 11) is 3.09. The van der Waals surface area contributed by atoms with Crippen LogP contribution >= 0.6 is 34.3 Å². The predicted molar refractivity (Wildman–Crippen MR) is 257 cm³/mol. The molecule has 0 radical (unpaired) electrons. The first-order valence-corrected chi connectivity index (χ1v) is 26.5. The number of aliphatic carboxylic acids is 1. The van der Waals surface area contributed by atoms with Crippen molar-refractivity contribution in [1.29, 1.82) is 0 Å². The number of fused-ring (bicyclic) bond motifs is 1. The second kappa shape index (κ2) is 20.9. The monoisotopic (exact) mass is 952 g/mol. The molecule has 0 spiro atoms. The summed E-state index contributed by atoms with van der Waals surface area (Å²) in [5.41, 5.74) is 0.164. The third kappa shape index (κ3) is 11.2. The number of carboxylic acid groups (broad SMARTS) is 1. The van der Waals surface area contributed by atoms with Crippen LogP contribution in [0.2, 0.25) is 23.2 Å². The van der Waals surface area contributed by atoms with Crippen molar-refractivity contribution in [2.24, 2.45) is 0 Å². The maximum atomic E-state index is 13.3. The van der Waals surface area contributed by atoms with Crippen LogP contribution in [-0.4, -0.2) is 105 Å². The Morgan fingerprint density at radius 1 is 0.969 bits per heavy atom. The topological polar surface area (TPSA) is 163 Å². The minimum atomic E-state index is -2.29. The van der Waals surface area contributed by atoms with E-state index in [-0.39, 0.29) is 41.0 Å². The number of amides is 1. The average molecular weight is 954 g/mol. The molecule has 1 amide bonds. The van der Waals surface area contributed by atoms with Gasteiger partial charge in [-0.1, -0.05) is 50.6 Å². The molecule has 3 heterocycles. The Morgan fingerprint density at radius 3 is 2.23 bits per heavy atom. The van der Waals surface area contributed by atoms with Crippen molar-refractivity contribution in [2.75, 3.05) is 47.4 Å². The van der Waals surface area contributed by atoms with E-state index in [0.717, 1.165) is 36.8 Å². The molecule has 1 fully saturated rings. The van der Waals surface area contributed by atoms with E-state index in [4.69, 9.17) is 30.2 Å². The Hall–Kier alpha value is -4.26. The van der Waals surface area contributed by atoms with E-state index in [1.165, 1.54) is 28.7 Å². The number of H-pyrrole nitrogens is 1. The van der Waals surface area contributed by atoms with Gasteiger partial charge in [0.2, 0.25) is 11.2 Å². The minimum Gasteiger partial charge on any atom is -0.506 e. The largest absolute Gasteiger partial charge is 0.506 e. The molecule has 1 aliphatic rings. The summed E-state index contributed by atoms with van der Waals surface area (Å²) in [6.45, 7) is 12.6. The third-order valence-electron chi connectivity index (χ3n) is 12.7. The summed E-state index contributed by atoms with van der Waals surface area (Å²) in [6, 6.07) is 17.7. The lowest BCUT2D eigenvalue weighted by Gasteiger charge is -2.39. The first-order chi connectivity index (χ1) is 30.3. The summed E-state index contributed by atoms with van der Waals surface area (Å²) in [5.74, 6) is -0.347. The summed E-state index contributed by atoms with van der Waals surface area (Å²) in [6.07, 6.45) is 2.56.